The predicted octanol–water partition coefficient (Wildman–Crippen LogP) is 4.03. The molecule has 0 radical (unpaired) electrons. The van der Waals surface area contributed by atoms with Crippen LogP contribution < -0.4 is 4.90 Å². The molecule has 2 aromatic carbocycles. The van der Waals surface area contributed by atoms with Gasteiger partial charge in [0.1, 0.15) is 0 Å². The van der Waals surface area contributed by atoms with E-state index in [9.17, 15) is 0 Å². The Balaban J connectivity index is 1.27. The molecular weight excluding hydrogens is 318 g/mol. The third-order valence-corrected chi connectivity index (χ3v) is 6.28. The monoisotopic (exact) mass is 349 g/mol. The first kappa shape index (κ1) is 17.6. The fourth-order valence-electron chi connectivity index (χ4n) is 4.56. The molecule has 1 atom stereocenters. The van der Waals surface area contributed by atoms with Crippen molar-refractivity contribution in [2.24, 2.45) is 0 Å². The molecule has 26 heavy (non-hydrogen) atoms. The van der Waals surface area contributed by atoms with E-state index in [1.807, 2.05) is 0 Å². The molecular formula is C23H31N3. The number of anilines is 1. The van der Waals surface area contributed by atoms with E-state index in [0.717, 1.165) is 19.1 Å². The molecule has 4 rings (SSSR count). The highest BCUT2D eigenvalue weighted by Gasteiger charge is 2.29. The number of hydrogen-bond acceptors (Lipinski definition) is 3. The van der Waals surface area contributed by atoms with Crippen molar-refractivity contribution in [3.8, 4) is 0 Å². The first-order chi connectivity index (χ1) is 12.8. The van der Waals surface area contributed by atoms with Crippen molar-refractivity contribution < 1.29 is 0 Å². The van der Waals surface area contributed by atoms with E-state index in [-0.39, 0.29) is 0 Å². The molecule has 3 nitrogen and oxygen atoms in total. The summed E-state index contributed by atoms with van der Waals surface area (Å²) in [5.41, 5.74) is 2.82. The van der Waals surface area contributed by atoms with Crippen molar-refractivity contribution >= 4 is 5.69 Å². The number of benzene rings is 2. The quantitative estimate of drug-likeness (QED) is 0.825. The van der Waals surface area contributed by atoms with Crippen molar-refractivity contribution in [3.63, 3.8) is 0 Å². The lowest BCUT2D eigenvalue weighted by molar-refractivity contribution is 0.0840. The van der Waals surface area contributed by atoms with Gasteiger partial charge >= 0.3 is 0 Å². The van der Waals surface area contributed by atoms with Gasteiger partial charge in [0.05, 0.1) is 0 Å². The number of nitrogens with zero attached hydrogens (tertiary/aromatic N) is 3. The minimum Gasteiger partial charge on any atom is -0.369 e. The Kier molecular flexibility index (Phi) is 5.57. The van der Waals surface area contributed by atoms with Crippen LogP contribution in [0.1, 0.15) is 31.4 Å². The Morgan fingerprint density at radius 1 is 0.731 bits per heavy atom. The average Bonchev–Trinajstić information content (AvgIpc) is 2.75. The van der Waals surface area contributed by atoms with Gasteiger partial charge in [0.15, 0.2) is 0 Å². The van der Waals surface area contributed by atoms with Crippen LogP contribution in [0.4, 0.5) is 5.69 Å². The van der Waals surface area contributed by atoms with E-state index < -0.39 is 0 Å². The molecule has 2 saturated heterocycles. The zero-order chi connectivity index (χ0) is 17.8. The molecule has 0 aliphatic carbocycles. The summed E-state index contributed by atoms with van der Waals surface area (Å²) in [7, 11) is 0. The fourth-order valence-corrected chi connectivity index (χ4v) is 4.56. The van der Waals surface area contributed by atoms with Crippen LogP contribution in [0.25, 0.3) is 0 Å². The van der Waals surface area contributed by atoms with Gasteiger partial charge in [0.25, 0.3) is 0 Å². The summed E-state index contributed by atoms with van der Waals surface area (Å²) >= 11 is 0. The van der Waals surface area contributed by atoms with Crippen LogP contribution in [0, 0.1) is 0 Å². The number of likely N-dealkylation sites (tertiary alicyclic amines) is 1. The number of rotatable bonds is 4. The first-order valence-corrected chi connectivity index (χ1v) is 10.1. The number of para-hydroxylation sites is 1. The molecule has 3 heteroatoms. The molecule has 0 amide bonds. The van der Waals surface area contributed by atoms with Gasteiger partial charge in [-0.1, -0.05) is 48.5 Å². The van der Waals surface area contributed by atoms with Crippen molar-refractivity contribution in [3.05, 3.63) is 66.2 Å². The Labute approximate surface area is 158 Å². The van der Waals surface area contributed by atoms with Crippen LogP contribution in [-0.2, 0) is 0 Å². The van der Waals surface area contributed by atoms with Crippen LogP contribution in [0.15, 0.2) is 60.7 Å². The van der Waals surface area contributed by atoms with E-state index in [2.05, 4.69) is 82.3 Å². The molecule has 2 aromatic rings. The van der Waals surface area contributed by atoms with E-state index >= 15 is 0 Å². The fraction of sp³-hybridized carbons (Fsp3) is 0.478. The van der Waals surface area contributed by atoms with Crippen LogP contribution in [0.3, 0.4) is 0 Å². The summed E-state index contributed by atoms with van der Waals surface area (Å²) in [6, 6.07) is 23.1. The molecule has 138 valence electrons. The number of piperidine rings is 1. The summed E-state index contributed by atoms with van der Waals surface area (Å²) in [5, 5.41) is 0. The SMILES string of the molecule is CC(c1ccccc1)N1CCC(N2CCN(c3ccccc3)CC2)CC1. The molecule has 2 fully saturated rings. The maximum Gasteiger partial charge on any atom is 0.0367 e. The summed E-state index contributed by atoms with van der Waals surface area (Å²) in [5.74, 6) is 0. The average molecular weight is 350 g/mol. The molecule has 1 unspecified atom stereocenters. The van der Waals surface area contributed by atoms with Crippen LogP contribution in [0.2, 0.25) is 0 Å². The highest BCUT2D eigenvalue weighted by atomic mass is 15.3. The van der Waals surface area contributed by atoms with E-state index in [1.165, 1.54) is 50.3 Å². The standard InChI is InChI=1S/C23H31N3/c1-20(21-8-4-2-5-9-21)24-14-12-23(13-15-24)26-18-16-25(17-19-26)22-10-6-3-7-11-22/h2-11,20,23H,12-19H2,1H3. The van der Waals surface area contributed by atoms with Gasteiger partial charge in [-0.3, -0.25) is 9.80 Å². The molecule has 2 aliphatic heterocycles. The topological polar surface area (TPSA) is 9.72 Å². The second kappa shape index (κ2) is 8.24. The smallest absolute Gasteiger partial charge is 0.0367 e. The van der Waals surface area contributed by atoms with Crippen molar-refractivity contribution in [2.75, 3.05) is 44.2 Å². The summed E-state index contributed by atoms with van der Waals surface area (Å²) in [6.45, 7) is 9.52. The van der Waals surface area contributed by atoms with E-state index in [0.29, 0.717) is 6.04 Å². The van der Waals surface area contributed by atoms with E-state index in [1.54, 1.807) is 0 Å². The highest BCUT2D eigenvalue weighted by molar-refractivity contribution is 5.46. The minimum absolute atomic E-state index is 0.534. The minimum atomic E-state index is 0.534. The molecule has 0 N–H and O–H groups in total. The van der Waals surface area contributed by atoms with Gasteiger partial charge in [0.2, 0.25) is 0 Å². The Morgan fingerprint density at radius 3 is 1.92 bits per heavy atom. The normalized spacial score (nSPS) is 21.7. The largest absolute Gasteiger partial charge is 0.369 e. The van der Waals surface area contributed by atoms with Gasteiger partial charge < -0.3 is 4.90 Å². The maximum absolute atomic E-state index is 2.74. The lowest BCUT2D eigenvalue weighted by Gasteiger charge is -2.44. The summed E-state index contributed by atoms with van der Waals surface area (Å²) in [6.07, 6.45) is 2.62. The second-order valence-electron chi connectivity index (χ2n) is 7.71. The maximum atomic E-state index is 2.74. The van der Waals surface area contributed by atoms with E-state index in [4.69, 9.17) is 0 Å². The number of hydrogen-bond donors (Lipinski definition) is 0. The van der Waals surface area contributed by atoms with Crippen molar-refractivity contribution in [2.45, 2.75) is 31.8 Å². The first-order valence-electron chi connectivity index (χ1n) is 10.1. The molecule has 2 heterocycles. The zero-order valence-electron chi connectivity index (χ0n) is 15.9. The summed E-state index contributed by atoms with van der Waals surface area (Å²) < 4.78 is 0. The van der Waals surface area contributed by atoms with Gasteiger partial charge in [-0.25, -0.2) is 0 Å². The van der Waals surface area contributed by atoms with Crippen molar-refractivity contribution in [1.82, 2.24) is 9.80 Å². The van der Waals surface area contributed by atoms with Gasteiger partial charge in [0, 0.05) is 57.0 Å². The van der Waals surface area contributed by atoms with Gasteiger partial charge in [-0.15, -0.1) is 0 Å². The van der Waals surface area contributed by atoms with Crippen LogP contribution >= 0.6 is 0 Å². The van der Waals surface area contributed by atoms with Gasteiger partial charge in [-0.2, -0.15) is 0 Å². The Morgan fingerprint density at radius 2 is 1.31 bits per heavy atom. The zero-order valence-corrected chi connectivity index (χ0v) is 15.9. The molecule has 0 saturated carbocycles. The summed E-state index contributed by atoms with van der Waals surface area (Å²) in [4.78, 5) is 7.93. The number of piperazine rings is 1. The van der Waals surface area contributed by atoms with Crippen LogP contribution in [-0.4, -0.2) is 55.1 Å². The predicted molar refractivity (Wildman–Crippen MR) is 110 cm³/mol. The third kappa shape index (κ3) is 3.94. The second-order valence-corrected chi connectivity index (χ2v) is 7.71. The molecule has 0 bridgehead atoms. The van der Waals surface area contributed by atoms with Crippen molar-refractivity contribution in [1.29, 1.82) is 0 Å². The molecule has 0 spiro atoms. The molecule has 2 aliphatic rings. The Bertz CT molecular complexity index is 656. The lowest BCUT2D eigenvalue weighted by Crippen LogP contribution is -2.53. The molecule has 0 aromatic heterocycles. The Hall–Kier alpha value is -1.84. The lowest BCUT2D eigenvalue weighted by atomic mass is 9.98. The third-order valence-electron chi connectivity index (χ3n) is 6.28. The van der Waals surface area contributed by atoms with Gasteiger partial charge in [-0.05, 0) is 37.5 Å². The van der Waals surface area contributed by atoms with Crippen LogP contribution in [0.5, 0.6) is 0 Å². The highest BCUT2D eigenvalue weighted by Crippen LogP contribution is 2.27.